The third-order valence-corrected chi connectivity index (χ3v) is 3.54. The van der Waals surface area contributed by atoms with Crippen LogP contribution < -0.4 is 17.1 Å². The number of H-pyrrole nitrogens is 1. The van der Waals surface area contributed by atoms with Gasteiger partial charge in [-0.1, -0.05) is 0 Å². The first kappa shape index (κ1) is 24.2. The van der Waals surface area contributed by atoms with Crippen molar-refractivity contribution in [2.24, 2.45) is 0 Å². The van der Waals surface area contributed by atoms with Gasteiger partial charge in [-0.05, 0) is 0 Å². The van der Waals surface area contributed by atoms with E-state index in [1.807, 2.05) is 4.98 Å². The van der Waals surface area contributed by atoms with Crippen LogP contribution in [0.5, 0.6) is 0 Å². The zero-order valence-electron chi connectivity index (χ0n) is 15.4. The van der Waals surface area contributed by atoms with Crippen molar-refractivity contribution in [2.75, 3.05) is 26.4 Å². The number of esters is 2. The van der Waals surface area contributed by atoms with E-state index in [2.05, 4.69) is 4.74 Å². The van der Waals surface area contributed by atoms with Crippen molar-refractivity contribution in [3.63, 3.8) is 0 Å². The lowest BCUT2D eigenvalue weighted by molar-refractivity contribution is -0.148. The Kier molecular flexibility index (Phi) is 9.94. The van der Waals surface area contributed by atoms with Gasteiger partial charge in [-0.2, -0.15) is 0 Å². The van der Waals surface area contributed by atoms with Crippen LogP contribution >= 0.6 is 0 Å². The quantitative estimate of drug-likeness (QED) is 0.202. The van der Waals surface area contributed by atoms with Crippen molar-refractivity contribution in [3.05, 3.63) is 31.5 Å². The molecule has 1 aromatic rings. The Morgan fingerprint density at radius 1 is 0.897 bits per heavy atom. The number of rotatable bonds is 12. The highest BCUT2D eigenvalue weighted by molar-refractivity contribution is 5.70. The fourth-order valence-corrected chi connectivity index (χ4v) is 2.02. The van der Waals surface area contributed by atoms with Gasteiger partial charge in [-0.15, -0.1) is 0 Å². The minimum Gasteiger partial charge on any atom is -0.464 e. The normalized spacial score (nSPS) is 13.0. The summed E-state index contributed by atoms with van der Waals surface area (Å²) in [6.07, 6.45) is -3.45. The van der Waals surface area contributed by atoms with Gasteiger partial charge in [0.2, 0.25) is 0 Å². The largest absolute Gasteiger partial charge is 0.464 e. The van der Waals surface area contributed by atoms with Crippen molar-refractivity contribution in [2.45, 2.75) is 38.1 Å². The smallest absolute Gasteiger partial charge is 0.336 e. The Hall–Kier alpha value is -2.81. The highest BCUT2D eigenvalue weighted by Crippen LogP contribution is 1.94. The Morgan fingerprint density at radius 2 is 1.48 bits per heavy atom. The van der Waals surface area contributed by atoms with E-state index in [-0.39, 0.29) is 0 Å². The minimum absolute atomic E-state index is 0.400. The van der Waals surface area contributed by atoms with Crippen LogP contribution in [0.2, 0.25) is 0 Å². The standard InChI is InChI=1S/C15H23N3O11/c19-6-9(21)5-12(24)28-4-3-18-14(26)16-13(25)17(15(18)27)2-1-11(23)29-8-10(22)7-20/h9-10,19-22H,1-8H2,(H,16,25,26). The summed E-state index contributed by atoms with van der Waals surface area (Å²) >= 11 is 0. The van der Waals surface area contributed by atoms with Crippen LogP contribution in [0.1, 0.15) is 12.8 Å². The van der Waals surface area contributed by atoms with Gasteiger partial charge in [0.1, 0.15) is 19.3 Å². The molecule has 1 rings (SSSR count). The van der Waals surface area contributed by atoms with Gasteiger partial charge < -0.3 is 29.9 Å². The maximum absolute atomic E-state index is 12.3. The summed E-state index contributed by atoms with van der Waals surface area (Å²) in [5.41, 5.74) is -3.15. The number of aliphatic hydroxyl groups excluding tert-OH is 4. The van der Waals surface area contributed by atoms with E-state index >= 15 is 0 Å². The lowest BCUT2D eigenvalue weighted by Crippen LogP contribution is -2.50. The molecule has 2 atom stereocenters. The lowest BCUT2D eigenvalue weighted by Gasteiger charge is -2.11. The number of hydrogen-bond acceptors (Lipinski definition) is 11. The van der Waals surface area contributed by atoms with Gasteiger partial charge in [0.25, 0.3) is 0 Å². The van der Waals surface area contributed by atoms with Crippen molar-refractivity contribution < 1.29 is 39.5 Å². The Bertz CT molecular complexity index is 856. The first-order valence-corrected chi connectivity index (χ1v) is 8.52. The number of aromatic amines is 1. The van der Waals surface area contributed by atoms with Crippen LogP contribution in [0.3, 0.4) is 0 Å². The number of aromatic nitrogens is 3. The van der Waals surface area contributed by atoms with Crippen LogP contribution in [0.25, 0.3) is 0 Å². The van der Waals surface area contributed by atoms with E-state index in [1.54, 1.807) is 0 Å². The maximum atomic E-state index is 12.3. The molecule has 1 aromatic heterocycles. The van der Waals surface area contributed by atoms with E-state index in [0.717, 1.165) is 0 Å². The van der Waals surface area contributed by atoms with Gasteiger partial charge in [-0.3, -0.25) is 14.6 Å². The average Bonchev–Trinajstić information content (AvgIpc) is 2.67. The number of nitrogens with one attached hydrogen (secondary N) is 1. The van der Waals surface area contributed by atoms with Gasteiger partial charge in [0.15, 0.2) is 0 Å². The zero-order chi connectivity index (χ0) is 22.0. The number of hydrogen-bond donors (Lipinski definition) is 5. The number of nitrogens with zero attached hydrogens (tertiary/aromatic N) is 2. The molecule has 0 saturated carbocycles. The second-order valence-corrected chi connectivity index (χ2v) is 5.85. The second-order valence-electron chi connectivity index (χ2n) is 5.85. The average molecular weight is 421 g/mol. The molecule has 0 saturated heterocycles. The summed E-state index contributed by atoms with van der Waals surface area (Å²) in [6.45, 7) is -2.95. The van der Waals surface area contributed by atoms with E-state index < -0.39 is 93.6 Å². The van der Waals surface area contributed by atoms with Crippen molar-refractivity contribution in [1.82, 2.24) is 14.1 Å². The number of aliphatic hydroxyl groups is 4. The molecule has 2 unspecified atom stereocenters. The summed E-state index contributed by atoms with van der Waals surface area (Å²) in [6, 6.07) is 0. The molecule has 29 heavy (non-hydrogen) atoms. The molecule has 0 aromatic carbocycles. The first-order chi connectivity index (χ1) is 13.7. The Balaban J connectivity index is 2.74. The third-order valence-electron chi connectivity index (χ3n) is 3.54. The molecule has 0 bridgehead atoms. The zero-order valence-corrected chi connectivity index (χ0v) is 15.4. The molecule has 0 aliphatic carbocycles. The molecule has 0 spiro atoms. The molecule has 0 aliphatic heterocycles. The lowest BCUT2D eigenvalue weighted by atomic mass is 10.3. The maximum Gasteiger partial charge on any atom is 0.336 e. The molecule has 0 aliphatic rings. The van der Waals surface area contributed by atoms with Gasteiger partial charge in [-0.25, -0.2) is 23.5 Å². The van der Waals surface area contributed by atoms with E-state index in [4.69, 9.17) is 25.2 Å². The van der Waals surface area contributed by atoms with Gasteiger partial charge >= 0.3 is 29.0 Å². The molecular weight excluding hydrogens is 398 g/mol. The minimum atomic E-state index is -1.30. The Labute approximate surface area is 162 Å². The topological polar surface area (TPSA) is 210 Å². The molecule has 0 radical (unpaired) electrons. The fourth-order valence-electron chi connectivity index (χ4n) is 2.02. The molecule has 1 heterocycles. The summed E-state index contributed by atoms with van der Waals surface area (Å²) in [5, 5.41) is 35.5. The van der Waals surface area contributed by atoms with E-state index in [0.29, 0.717) is 9.13 Å². The molecular formula is C15H23N3O11. The molecule has 14 heteroatoms. The SMILES string of the molecule is O=C(CCn1c(=O)[nH]c(=O)n(CCOC(=O)CC(O)CO)c1=O)OCC(O)CO. The predicted molar refractivity (Wildman–Crippen MR) is 92.9 cm³/mol. The number of ether oxygens (including phenoxy) is 2. The van der Waals surface area contributed by atoms with Crippen LogP contribution in [-0.2, 0) is 32.2 Å². The number of carbonyl (C=O) groups is 2. The summed E-state index contributed by atoms with van der Waals surface area (Å²) < 4.78 is 10.5. The van der Waals surface area contributed by atoms with E-state index in [9.17, 15) is 24.0 Å². The van der Waals surface area contributed by atoms with Crippen LogP contribution in [-0.4, -0.2) is 85.1 Å². The fraction of sp³-hybridized carbons (Fsp3) is 0.667. The van der Waals surface area contributed by atoms with Gasteiger partial charge in [0, 0.05) is 6.54 Å². The van der Waals surface area contributed by atoms with Crippen molar-refractivity contribution >= 4 is 11.9 Å². The third kappa shape index (κ3) is 7.98. The molecule has 14 nitrogen and oxygen atoms in total. The van der Waals surface area contributed by atoms with Gasteiger partial charge in [0.05, 0.1) is 38.7 Å². The predicted octanol–water partition coefficient (Wildman–Crippen LogP) is -4.73. The van der Waals surface area contributed by atoms with Crippen LogP contribution in [0.4, 0.5) is 0 Å². The van der Waals surface area contributed by atoms with Crippen LogP contribution in [0.15, 0.2) is 14.4 Å². The highest BCUT2D eigenvalue weighted by Gasteiger charge is 2.15. The second kappa shape index (κ2) is 11.9. The number of carbonyl (C=O) groups excluding carboxylic acids is 2. The van der Waals surface area contributed by atoms with Crippen molar-refractivity contribution in [1.29, 1.82) is 0 Å². The summed E-state index contributed by atoms with van der Waals surface area (Å²) in [5.74, 6) is -1.71. The molecule has 0 fully saturated rings. The summed E-state index contributed by atoms with van der Waals surface area (Å²) in [4.78, 5) is 60.8. The van der Waals surface area contributed by atoms with Crippen molar-refractivity contribution in [3.8, 4) is 0 Å². The molecule has 5 N–H and O–H groups in total. The van der Waals surface area contributed by atoms with Crippen LogP contribution in [0, 0.1) is 0 Å². The first-order valence-electron chi connectivity index (χ1n) is 8.52. The highest BCUT2D eigenvalue weighted by atomic mass is 16.5. The monoisotopic (exact) mass is 421 g/mol. The summed E-state index contributed by atoms with van der Waals surface area (Å²) in [7, 11) is 0. The van der Waals surface area contributed by atoms with E-state index in [1.165, 1.54) is 0 Å². The molecule has 0 amide bonds. The Morgan fingerprint density at radius 3 is 2.07 bits per heavy atom. The molecule has 164 valence electrons.